The Hall–Kier alpha value is -1.12. The molecule has 1 aliphatic heterocycles. The smallest absolute Gasteiger partial charge is 0.253 e. The molecule has 2 heterocycles. The van der Waals surface area contributed by atoms with Crippen molar-refractivity contribution in [1.29, 1.82) is 0 Å². The molecule has 0 radical (unpaired) electrons. The zero-order valence-corrected chi connectivity index (χ0v) is 6.29. The van der Waals surface area contributed by atoms with E-state index in [0.717, 1.165) is 31.6 Å². The lowest BCUT2D eigenvalue weighted by atomic mass is 10.1. The van der Waals surface area contributed by atoms with Crippen molar-refractivity contribution in [2.24, 2.45) is 0 Å². The molecule has 0 fully saturated rings. The molecule has 0 saturated carbocycles. The molecule has 0 amide bonds. The van der Waals surface area contributed by atoms with E-state index in [9.17, 15) is 4.79 Å². The first-order chi connectivity index (χ1) is 5.38. The van der Waals surface area contributed by atoms with Gasteiger partial charge in [-0.05, 0) is 12.8 Å². The quantitative estimate of drug-likeness (QED) is 0.542. The van der Waals surface area contributed by atoms with Gasteiger partial charge in [-0.1, -0.05) is 0 Å². The van der Waals surface area contributed by atoms with Crippen LogP contribution in [0.4, 0.5) is 0 Å². The van der Waals surface area contributed by atoms with Crippen LogP contribution in [0, 0.1) is 0 Å². The first-order valence-electron chi connectivity index (χ1n) is 3.92. The minimum absolute atomic E-state index is 0.0923. The van der Waals surface area contributed by atoms with Crippen LogP contribution in [0.2, 0.25) is 0 Å². The third kappa shape index (κ3) is 1.06. The maximum Gasteiger partial charge on any atom is 0.253 e. The van der Waals surface area contributed by atoms with Crippen LogP contribution in [-0.4, -0.2) is 9.55 Å². The molecule has 1 aliphatic rings. The van der Waals surface area contributed by atoms with E-state index in [1.54, 1.807) is 10.8 Å². The molecule has 1 aromatic rings. The van der Waals surface area contributed by atoms with Crippen molar-refractivity contribution < 1.29 is 0 Å². The molecular weight excluding hydrogens is 140 g/mol. The maximum atomic E-state index is 11.2. The molecular formula is C8H10N2O. The molecule has 0 aromatic carbocycles. The van der Waals surface area contributed by atoms with Gasteiger partial charge in [0.2, 0.25) is 0 Å². The minimum Gasteiger partial charge on any atom is -0.297 e. The topological polar surface area (TPSA) is 34.9 Å². The van der Waals surface area contributed by atoms with Crippen LogP contribution in [0.15, 0.2) is 17.1 Å². The summed E-state index contributed by atoms with van der Waals surface area (Å²) in [6.45, 7) is 0.849. The van der Waals surface area contributed by atoms with E-state index in [4.69, 9.17) is 0 Å². The molecule has 0 bridgehead atoms. The molecule has 2 rings (SSSR count). The van der Waals surface area contributed by atoms with Crippen LogP contribution in [0.25, 0.3) is 0 Å². The zero-order chi connectivity index (χ0) is 7.68. The first kappa shape index (κ1) is 6.58. The lowest BCUT2D eigenvalue weighted by molar-refractivity contribution is 0.496. The van der Waals surface area contributed by atoms with Gasteiger partial charge < -0.3 is 0 Å². The van der Waals surface area contributed by atoms with Gasteiger partial charge in [0.15, 0.2) is 0 Å². The highest BCUT2D eigenvalue weighted by Crippen LogP contribution is 2.07. The Balaban J connectivity index is 2.58. The molecule has 11 heavy (non-hydrogen) atoms. The van der Waals surface area contributed by atoms with E-state index >= 15 is 0 Å². The lowest BCUT2D eigenvalue weighted by Gasteiger charge is -2.15. The molecule has 58 valence electrons. The number of aryl methyl sites for hydroxylation is 1. The van der Waals surface area contributed by atoms with Crippen molar-refractivity contribution in [3.63, 3.8) is 0 Å². The third-order valence-corrected chi connectivity index (χ3v) is 2.05. The summed E-state index contributed by atoms with van der Waals surface area (Å²) >= 11 is 0. The van der Waals surface area contributed by atoms with Gasteiger partial charge in [-0.15, -0.1) is 0 Å². The highest BCUT2D eigenvalue weighted by Gasteiger charge is 2.08. The van der Waals surface area contributed by atoms with Crippen LogP contribution in [0.3, 0.4) is 0 Å². The summed E-state index contributed by atoms with van der Waals surface area (Å²) in [5.41, 5.74) is 0.0923. The molecule has 0 aliphatic carbocycles. The number of hydrogen-bond acceptors (Lipinski definition) is 2. The predicted octanol–water partition coefficient (Wildman–Crippen LogP) is 0.580. The van der Waals surface area contributed by atoms with Crippen molar-refractivity contribution in [1.82, 2.24) is 9.55 Å². The fourth-order valence-electron chi connectivity index (χ4n) is 1.47. The summed E-state index contributed by atoms with van der Waals surface area (Å²) in [6.07, 6.45) is 4.82. The summed E-state index contributed by atoms with van der Waals surface area (Å²) in [6, 6.07) is 1.52. The van der Waals surface area contributed by atoms with Crippen molar-refractivity contribution in [2.75, 3.05) is 0 Å². The zero-order valence-electron chi connectivity index (χ0n) is 6.29. The maximum absolute atomic E-state index is 11.2. The van der Waals surface area contributed by atoms with Gasteiger partial charge in [-0.2, -0.15) is 0 Å². The molecule has 3 heteroatoms. The lowest BCUT2D eigenvalue weighted by Crippen LogP contribution is -2.26. The van der Waals surface area contributed by atoms with Gasteiger partial charge in [0.25, 0.3) is 5.56 Å². The van der Waals surface area contributed by atoms with Crippen LogP contribution in [-0.2, 0) is 13.0 Å². The second kappa shape index (κ2) is 2.49. The van der Waals surface area contributed by atoms with Gasteiger partial charge in [-0.25, -0.2) is 4.98 Å². The summed E-state index contributed by atoms with van der Waals surface area (Å²) in [4.78, 5) is 15.3. The molecule has 0 unspecified atom stereocenters. The molecule has 0 N–H and O–H groups in total. The fraction of sp³-hybridized carbons (Fsp3) is 0.500. The Labute approximate surface area is 64.7 Å². The Bertz CT molecular complexity index is 316. The Morgan fingerprint density at radius 2 is 2.36 bits per heavy atom. The van der Waals surface area contributed by atoms with E-state index in [-0.39, 0.29) is 5.56 Å². The molecule has 0 saturated heterocycles. The number of hydrogen-bond donors (Lipinski definition) is 0. The van der Waals surface area contributed by atoms with Crippen molar-refractivity contribution in [3.8, 4) is 0 Å². The van der Waals surface area contributed by atoms with E-state index < -0.39 is 0 Å². The van der Waals surface area contributed by atoms with Gasteiger partial charge in [0.05, 0.1) is 0 Å². The number of rotatable bonds is 0. The number of fused-ring (bicyclic) bond motifs is 1. The van der Waals surface area contributed by atoms with E-state index in [0.29, 0.717) is 0 Å². The molecule has 0 atom stereocenters. The summed E-state index contributed by atoms with van der Waals surface area (Å²) in [5, 5.41) is 0. The minimum atomic E-state index is 0.0923. The van der Waals surface area contributed by atoms with Crippen LogP contribution in [0.1, 0.15) is 18.7 Å². The average molecular weight is 150 g/mol. The second-order valence-electron chi connectivity index (χ2n) is 2.81. The highest BCUT2D eigenvalue weighted by molar-refractivity contribution is 4.96. The first-order valence-corrected chi connectivity index (χ1v) is 3.92. The Morgan fingerprint density at radius 1 is 1.45 bits per heavy atom. The van der Waals surface area contributed by atoms with E-state index in [1.807, 2.05) is 0 Å². The number of nitrogens with zero attached hydrogens (tertiary/aromatic N) is 2. The van der Waals surface area contributed by atoms with E-state index in [1.165, 1.54) is 6.07 Å². The van der Waals surface area contributed by atoms with Gasteiger partial charge in [-0.3, -0.25) is 9.36 Å². The fourth-order valence-corrected chi connectivity index (χ4v) is 1.47. The SMILES string of the molecule is O=c1ccnc2n1CCCC2. The van der Waals surface area contributed by atoms with E-state index in [2.05, 4.69) is 4.98 Å². The standard InChI is InChI=1S/C8H10N2O/c11-8-4-5-9-7-3-1-2-6-10(7)8/h4-5H,1-3,6H2. The Kier molecular flexibility index (Phi) is 1.49. The van der Waals surface area contributed by atoms with Crippen LogP contribution < -0.4 is 5.56 Å². The van der Waals surface area contributed by atoms with Crippen molar-refractivity contribution >= 4 is 0 Å². The van der Waals surface area contributed by atoms with Crippen molar-refractivity contribution in [2.45, 2.75) is 25.8 Å². The van der Waals surface area contributed by atoms with Gasteiger partial charge in [0.1, 0.15) is 5.82 Å². The van der Waals surface area contributed by atoms with Gasteiger partial charge in [0, 0.05) is 25.2 Å². The van der Waals surface area contributed by atoms with Gasteiger partial charge >= 0.3 is 0 Å². The largest absolute Gasteiger partial charge is 0.297 e. The monoisotopic (exact) mass is 150 g/mol. The summed E-state index contributed by atoms with van der Waals surface area (Å²) in [7, 11) is 0. The van der Waals surface area contributed by atoms with Crippen molar-refractivity contribution in [3.05, 3.63) is 28.4 Å². The van der Waals surface area contributed by atoms with Crippen LogP contribution >= 0.6 is 0 Å². The highest BCUT2D eigenvalue weighted by atomic mass is 16.1. The average Bonchev–Trinajstić information content (AvgIpc) is 2.06. The Morgan fingerprint density at radius 3 is 3.18 bits per heavy atom. The molecule has 3 nitrogen and oxygen atoms in total. The van der Waals surface area contributed by atoms with Crippen LogP contribution in [0.5, 0.6) is 0 Å². The molecule has 1 aromatic heterocycles. The normalized spacial score (nSPS) is 16.0. The summed E-state index contributed by atoms with van der Waals surface area (Å²) in [5.74, 6) is 0.948. The number of aromatic nitrogens is 2. The third-order valence-electron chi connectivity index (χ3n) is 2.05. The second-order valence-corrected chi connectivity index (χ2v) is 2.81. The predicted molar refractivity (Wildman–Crippen MR) is 41.4 cm³/mol. The molecule has 0 spiro atoms. The summed E-state index contributed by atoms with van der Waals surface area (Å²) < 4.78 is 1.77.